The number of imide groups is 1. The molecule has 28 heavy (non-hydrogen) atoms. The van der Waals surface area contributed by atoms with Crippen LogP contribution < -0.4 is 0 Å². The Kier molecular flexibility index (Phi) is 5.18. The molecule has 0 saturated carbocycles. The van der Waals surface area contributed by atoms with E-state index in [9.17, 15) is 14.4 Å². The van der Waals surface area contributed by atoms with Crippen molar-refractivity contribution >= 4 is 52.1 Å². The van der Waals surface area contributed by atoms with E-state index in [-0.39, 0.29) is 25.0 Å². The van der Waals surface area contributed by atoms with Crippen LogP contribution in [0.1, 0.15) is 30.5 Å². The summed E-state index contributed by atoms with van der Waals surface area (Å²) in [4.78, 5) is 40.3. The minimum atomic E-state index is -0.479. The molecular formula is C21H15NO4S2. The molecule has 0 N–H and O–H groups in total. The van der Waals surface area contributed by atoms with Crippen molar-refractivity contribution in [3.8, 4) is 0 Å². The number of thiophene rings is 2. The third kappa shape index (κ3) is 3.54. The van der Waals surface area contributed by atoms with Crippen molar-refractivity contribution in [3.05, 3.63) is 80.2 Å². The van der Waals surface area contributed by atoms with Gasteiger partial charge in [0.15, 0.2) is 0 Å². The van der Waals surface area contributed by atoms with Crippen LogP contribution in [-0.2, 0) is 9.53 Å². The Morgan fingerprint density at radius 3 is 2.21 bits per heavy atom. The van der Waals surface area contributed by atoms with Gasteiger partial charge in [-0.2, -0.15) is 0 Å². The Bertz CT molecular complexity index is 1020. The largest absolute Gasteiger partial charge is 0.460 e. The number of hydrogen-bond acceptors (Lipinski definition) is 6. The summed E-state index contributed by atoms with van der Waals surface area (Å²) in [7, 11) is 0. The lowest BCUT2D eigenvalue weighted by atomic mass is 10.1. The maximum absolute atomic E-state index is 12.7. The first kappa shape index (κ1) is 18.3. The number of ether oxygens (including phenoxy) is 1. The zero-order chi connectivity index (χ0) is 19.5. The molecular weight excluding hydrogens is 394 g/mol. The number of benzene rings is 1. The fraction of sp³-hybridized carbons (Fsp3) is 0.0952. The first-order valence-electron chi connectivity index (χ1n) is 8.56. The molecule has 0 radical (unpaired) electrons. The number of rotatable bonds is 6. The van der Waals surface area contributed by atoms with Gasteiger partial charge in [0.25, 0.3) is 11.8 Å². The quantitative estimate of drug-likeness (QED) is 0.348. The highest BCUT2D eigenvalue weighted by atomic mass is 32.1. The maximum atomic E-state index is 12.7. The van der Waals surface area contributed by atoms with E-state index >= 15 is 0 Å². The highest BCUT2D eigenvalue weighted by Gasteiger charge is 2.34. The Hall–Kier alpha value is -3.03. The highest BCUT2D eigenvalue weighted by Crippen LogP contribution is 2.26. The molecule has 2 amide bonds. The first-order chi connectivity index (χ1) is 13.6. The Morgan fingerprint density at radius 2 is 1.61 bits per heavy atom. The van der Waals surface area contributed by atoms with Crippen LogP contribution in [0.4, 0.5) is 0 Å². The third-order valence-corrected chi connectivity index (χ3v) is 5.99. The summed E-state index contributed by atoms with van der Waals surface area (Å²) < 4.78 is 5.39. The predicted molar refractivity (Wildman–Crippen MR) is 109 cm³/mol. The molecule has 0 aliphatic carbocycles. The van der Waals surface area contributed by atoms with Crippen molar-refractivity contribution in [2.24, 2.45) is 0 Å². The lowest BCUT2D eigenvalue weighted by molar-refractivity contribution is -0.136. The number of fused-ring (bicyclic) bond motifs is 1. The van der Waals surface area contributed by atoms with Gasteiger partial charge in [-0.05, 0) is 41.1 Å². The van der Waals surface area contributed by atoms with Gasteiger partial charge in [-0.15, -0.1) is 22.7 Å². The maximum Gasteiger partial charge on any atom is 0.339 e. The van der Waals surface area contributed by atoms with Gasteiger partial charge < -0.3 is 4.74 Å². The number of hydrogen-bond donors (Lipinski definition) is 0. The van der Waals surface area contributed by atoms with Gasteiger partial charge in [0, 0.05) is 9.75 Å². The smallest absolute Gasteiger partial charge is 0.339 e. The van der Waals surface area contributed by atoms with Crippen LogP contribution in [-0.4, -0.2) is 35.8 Å². The van der Waals surface area contributed by atoms with Gasteiger partial charge in [-0.1, -0.05) is 24.3 Å². The third-order valence-electron chi connectivity index (χ3n) is 4.26. The van der Waals surface area contributed by atoms with Crippen LogP contribution in [0.15, 0.2) is 59.3 Å². The molecule has 0 bridgehead atoms. The van der Waals surface area contributed by atoms with Crippen LogP contribution in [0.5, 0.6) is 0 Å². The van der Waals surface area contributed by atoms with Crippen molar-refractivity contribution in [1.82, 2.24) is 4.90 Å². The number of amides is 2. The second-order valence-corrected chi connectivity index (χ2v) is 7.92. The topological polar surface area (TPSA) is 63.7 Å². The van der Waals surface area contributed by atoms with Gasteiger partial charge in [-0.3, -0.25) is 14.5 Å². The second kappa shape index (κ2) is 7.92. The summed E-state index contributed by atoms with van der Waals surface area (Å²) >= 11 is 2.98. The van der Waals surface area contributed by atoms with Gasteiger partial charge in [0.2, 0.25) is 0 Å². The average Bonchev–Trinajstić information content (AvgIpc) is 3.45. The fourth-order valence-electron chi connectivity index (χ4n) is 2.93. The van der Waals surface area contributed by atoms with E-state index in [0.717, 1.165) is 14.7 Å². The predicted octanol–water partition coefficient (Wildman–Crippen LogP) is 4.19. The Balaban J connectivity index is 1.44. The SMILES string of the molecule is O=C(OCCN1C(=O)c2ccccc2C1=O)C(=Cc1cccs1)c1cccs1. The monoisotopic (exact) mass is 409 g/mol. The summed E-state index contributed by atoms with van der Waals surface area (Å²) in [6, 6.07) is 14.2. The molecule has 0 spiro atoms. The molecule has 2 aromatic heterocycles. The van der Waals surface area contributed by atoms with Crippen molar-refractivity contribution in [2.45, 2.75) is 0 Å². The second-order valence-electron chi connectivity index (χ2n) is 5.99. The zero-order valence-electron chi connectivity index (χ0n) is 14.7. The molecule has 7 heteroatoms. The van der Waals surface area contributed by atoms with Crippen molar-refractivity contribution < 1.29 is 19.1 Å². The Labute approximate surface area is 169 Å². The molecule has 3 aromatic rings. The number of carbonyl (C=O) groups is 3. The molecule has 140 valence electrons. The summed E-state index contributed by atoms with van der Waals surface area (Å²) in [5, 5.41) is 3.83. The van der Waals surface area contributed by atoms with Gasteiger partial charge >= 0.3 is 5.97 Å². The minimum absolute atomic E-state index is 0.0226. The summed E-state index contributed by atoms with van der Waals surface area (Å²) in [5.74, 6) is -1.19. The molecule has 0 atom stereocenters. The molecule has 5 nitrogen and oxygen atoms in total. The Morgan fingerprint density at radius 1 is 0.929 bits per heavy atom. The summed E-state index contributed by atoms with van der Waals surface area (Å²) in [5.41, 5.74) is 1.23. The highest BCUT2D eigenvalue weighted by molar-refractivity contribution is 7.12. The molecule has 4 rings (SSSR count). The van der Waals surface area contributed by atoms with E-state index in [1.54, 1.807) is 30.3 Å². The molecule has 1 aliphatic heterocycles. The van der Waals surface area contributed by atoms with Gasteiger partial charge in [0.1, 0.15) is 6.61 Å². The van der Waals surface area contributed by atoms with Gasteiger partial charge in [0.05, 0.1) is 23.2 Å². The van der Waals surface area contributed by atoms with E-state index in [4.69, 9.17) is 4.74 Å². The zero-order valence-corrected chi connectivity index (χ0v) is 16.3. The molecule has 0 saturated heterocycles. The molecule has 0 unspecified atom stereocenters. The van der Waals surface area contributed by atoms with Crippen molar-refractivity contribution in [3.63, 3.8) is 0 Å². The van der Waals surface area contributed by atoms with E-state index in [1.807, 2.05) is 35.0 Å². The lowest BCUT2D eigenvalue weighted by Gasteiger charge is -2.14. The van der Waals surface area contributed by atoms with E-state index < -0.39 is 5.97 Å². The number of nitrogens with zero attached hydrogens (tertiary/aromatic N) is 1. The van der Waals surface area contributed by atoms with Crippen molar-refractivity contribution in [1.29, 1.82) is 0 Å². The molecule has 1 aliphatic rings. The lowest BCUT2D eigenvalue weighted by Crippen LogP contribution is -2.33. The van der Waals surface area contributed by atoms with E-state index in [0.29, 0.717) is 16.7 Å². The standard InChI is InChI=1S/C21H15NO4S2/c23-19-15-6-1-2-7-16(15)20(24)22(19)9-10-26-21(25)17(18-8-4-12-28-18)13-14-5-3-11-27-14/h1-8,11-13H,9-10H2. The average molecular weight is 409 g/mol. The number of carbonyl (C=O) groups excluding carboxylic acids is 3. The minimum Gasteiger partial charge on any atom is -0.460 e. The van der Waals surface area contributed by atoms with Crippen molar-refractivity contribution in [2.75, 3.05) is 13.2 Å². The molecule has 1 aromatic carbocycles. The fourth-order valence-corrected chi connectivity index (χ4v) is 4.32. The molecule has 3 heterocycles. The van der Waals surface area contributed by atoms with E-state index in [2.05, 4.69) is 0 Å². The van der Waals surface area contributed by atoms with Crippen LogP contribution in [0.2, 0.25) is 0 Å². The number of esters is 1. The van der Waals surface area contributed by atoms with Gasteiger partial charge in [-0.25, -0.2) is 4.79 Å². The molecule has 0 fully saturated rings. The van der Waals surface area contributed by atoms with Crippen LogP contribution in [0.25, 0.3) is 11.6 Å². The first-order valence-corrected chi connectivity index (χ1v) is 10.3. The normalized spacial score (nSPS) is 13.7. The van der Waals surface area contributed by atoms with Crippen LogP contribution >= 0.6 is 22.7 Å². The van der Waals surface area contributed by atoms with Crippen LogP contribution in [0, 0.1) is 0 Å². The van der Waals surface area contributed by atoms with Crippen LogP contribution in [0.3, 0.4) is 0 Å². The summed E-state index contributed by atoms with van der Waals surface area (Å²) in [6.45, 7) is -0.0354. The summed E-state index contributed by atoms with van der Waals surface area (Å²) in [6.07, 6.45) is 1.79. The van der Waals surface area contributed by atoms with E-state index in [1.165, 1.54) is 22.7 Å².